The van der Waals surface area contributed by atoms with Crippen molar-refractivity contribution in [1.29, 1.82) is 0 Å². The van der Waals surface area contributed by atoms with Gasteiger partial charge in [-0.05, 0) is 42.8 Å². The van der Waals surface area contributed by atoms with Crippen LogP contribution in [0.4, 0.5) is 5.69 Å². The van der Waals surface area contributed by atoms with E-state index in [0.717, 1.165) is 5.56 Å². The molecule has 27 heavy (non-hydrogen) atoms. The number of non-ortho nitro benzene ring substituents is 1. The maximum Gasteiger partial charge on any atom is 0.341 e. The smallest absolute Gasteiger partial charge is 0.341 e. The molecule has 0 saturated heterocycles. The first kappa shape index (κ1) is 18.0. The molecule has 0 radical (unpaired) electrons. The van der Waals surface area contributed by atoms with Crippen molar-refractivity contribution < 1.29 is 14.8 Å². The predicted molar refractivity (Wildman–Crippen MR) is 101 cm³/mol. The quantitative estimate of drug-likeness (QED) is 0.548. The number of hydrogen-bond donors (Lipinski definition) is 1. The summed E-state index contributed by atoms with van der Waals surface area (Å²) in [5, 5.41) is 20.1. The van der Waals surface area contributed by atoms with E-state index in [0.29, 0.717) is 17.9 Å². The van der Waals surface area contributed by atoms with E-state index in [1.807, 2.05) is 6.92 Å². The summed E-state index contributed by atoms with van der Waals surface area (Å²) >= 11 is 0. The van der Waals surface area contributed by atoms with Crippen LogP contribution in [0, 0.1) is 10.1 Å². The average molecular weight is 365 g/mol. The van der Waals surface area contributed by atoms with Crippen LogP contribution >= 0.6 is 0 Å². The summed E-state index contributed by atoms with van der Waals surface area (Å²) < 4.78 is 1.61. The van der Waals surface area contributed by atoms with Crippen molar-refractivity contribution in [1.82, 2.24) is 9.55 Å². The van der Waals surface area contributed by atoms with Gasteiger partial charge in [-0.1, -0.05) is 6.08 Å². The van der Waals surface area contributed by atoms with Crippen molar-refractivity contribution in [3.63, 3.8) is 0 Å². The van der Waals surface area contributed by atoms with Gasteiger partial charge < -0.3 is 9.67 Å². The number of carbonyl (C=O) groups is 1. The zero-order chi connectivity index (χ0) is 19.6. The normalized spacial score (nSPS) is 11.1. The fraction of sp³-hybridized carbons (Fsp3) is 0.105. The van der Waals surface area contributed by atoms with E-state index in [9.17, 15) is 24.8 Å². The molecule has 8 heteroatoms. The summed E-state index contributed by atoms with van der Waals surface area (Å²) in [5.41, 5.74) is 0.888. The Morgan fingerprint density at radius 1 is 1.22 bits per heavy atom. The molecule has 0 saturated carbocycles. The Morgan fingerprint density at radius 2 is 1.93 bits per heavy atom. The molecule has 2 aromatic heterocycles. The number of aromatic nitrogens is 2. The number of pyridine rings is 2. The summed E-state index contributed by atoms with van der Waals surface area (Å²) in [7, 11) is 0. The Balaban J connectivity index is 2.01. The van der Waals surface area contributed by atoms with Crippen molar-refractivity contribution in [3.05, 3.63) is 79.8 Å². The predicted octanol–water partition coefficient (Wildman–Crippen LogP) is 3.19. The lowest BCUT2D eigenvalue weighted by atomic mass is 10.1. The molecule has 0 aliphatic rings. The second-order valence-corrected chi connectivity index (χ2v) is 5.75. The highest BCUT2D eigenvalue weighted by Gasteiger charge is 2.14. The second-order valence-electron chi connectivity index (χ2n) is 5.75. The summed E-state index contributed by atoms with van der Waals surface area (Å²) in [4.78, 5) is 38.2. The zero-order valence-corrected chi connectivity index (χ0v) is 14.3. The molecule has 0 fully saturated rings. The van der Waals surface area contributed by atoms with E-state index in [2.05, 4.69) is 4.98 Å². The fourth-order valence-corrected chi connectivity index (χ4v) is 2.65. The van der Waals surface area contributed by atoms with Crippen molar-refractivity contribution in [3.8, 4) is 0 Å². The lowest BCUT2D eigenvalue weighted by Crippen LogP contribution is -2.19. The summed E-state index contributed by atoms with van der Waals surface area (Å²) in [6, 6.07) is 9.24. The minimum atomic E-state index is -1.27. The van der Waals surface area contributed by atoms with Gasteiger partial charge in [0.25, 0.3) is 5.69 Å². The van der Waals surface area contributed by atoms with E-state index in [-0.39, 0.29) is 16.6 Å². The van der Waals surface area contributed by atoms with E-state index < -0.39 is 16.3 Å². The average Bonchev–Trinajstić information content (AvgIpc) is 2.66. The molecule has 0 aliphatic carbocycles. The Kier molecular flexibility index (Phi) is 4.80. The third kappa shape index (κ3) is 3.59. The van der Waals surface area contributed by atoms with Crippen LogP contribution in [0.2, 0.25) is 0 Å². The molecule has 0 spiro atoms. The number of rotatable bonds is 5. The molecule has 0 unspecified atom stereocenters. The first-order valence-electron chi connectivity index (χ1n) is 8.10. The fourth-order valence-electron chi connectivity index (χ4n) is 2.65. The van der Waals surface area contributed by atoms with Crippen LogP contribution in [0.1, 0.15) is 28.5 Å². The standard InChI is InChI=1S/C19H15N3O5/c1-2-21-11-16(19(24)25)17(23)15-10-7-13(20-18(15)21)6-3-12-4-8-14(9-5-12)22(26)27/h3-11H,2H2,1H3,(H,24,25)/b6-3+. The SMILES string of the molecule is CCn1cc(C(=O)O)c(=O)c2ccc(/C=C/c3ccc([N+](=O)[O-])cc3)nc21. The Bertz CT molecular complexity index is 1130. The molecular formula is C19H15N3O5. The molecule has 136 valence electrons. The van der Waals surface area contributed by atoms with E-state index in [1.165, 1.54) is 18.3 Å². The largest absolute Gasteiger partial charge is 0.477 e. The molecule has 0 amide bonds. The highest BCUT2D eigenvalue weighted by molar-refractivity contribution is 5.92. The van der Waals surface area contributed by atoms with Gasteiger partial charge in [0.1, 0.15) is 11.2 Å². The van der Waals surface area contributed by atoms with Crippen molar-refractivity contribution >= 4 is 34.8 Å². The first-order chi connectivity index (χ1) is 12.9. The Hall–Kier alpha value is -3.81. The van der Waals surface area contributed by atoms with Crippen molar-refractivity contribution in [2.45, 2.75) is 13.5 Å². The number of nitrogens with zero attached hydrogens (tertiary/aromatic N) is 3. The summed E-state index contributed by atoms with van der Waals surface area (Å²) in [6.07, 6.45) is 4.76. The molecular weight excluding hydrogens is 350 g/mol. The van der Waals surface area contributed by atoms with Gasteiger partial charge in [-0.15, -0.1) is 0 Å². The van der Waals surface area contributed by atoms with Gasteiger partial charge in [-0.2, -0.15) is 0 Å². The van der Waals surface area contributed by atoms with Crippen molar-refractivity contribution in [2.75, 3.05) is 0 Å². The molecule has 3 rings (SSSR count). The highest BCUT2D eigenvalue weighted by Crippen LogP contribution is 2.16. The lowest BCUT2D eigenvalue weighted by molar-refractivity contribution is -0.384. The zero-order valence-electron chi connectivity index (χ0n) is 14.3. The summed E-state index contributed by atoms with van der Waals surface area (Å²) in [5.74, 6) is -1.27. The Morgan fingerprint density at radius 3 is 2.52 bits per heavy atom. The topological polar surface area (TPSA) is 115 Å². The molecule has 1 N–H and O–H groups in total. The van der Waals surface area contributed by atoms with Gasteiger partial charge in [0.15, 0.2) is 0 Å². The second kappa shape index (κ2) is 7.20. The monoisotopic (exact) mass is 365 g/mol. The van der Waals surface area contributed by atoms with Gasteiger partial charge in [0.2, 0.25) is 5.43 Å². The van der Waals surface area contributed by atoms with Gasteiger partial charge in [-0.25, -0.2) is 9.78 Å². The number of aromatic carboxylic acids is 1. The van der Waals surface area contributed by atoms with E-state index in [1.54, 1.807) is 41.0 Å². The van der Waals surface area contributed by atoms with E-state index >= 15 is 0 Å². The Labute approximate surface area is 153 Å². The minimum absolute atomic E-state index is 0.0113. The first-order valence-corrected chi connectivity index (χ1v) is 8.10. The highest BCUT2D eigenvalue weighted by atomic mass is 16.6. The van der Waals surface area contributed by atoms with Crippen LogP contribution in [-0.2, 0) is 6.54 Å². The van der Waals surface area contributed by atoms with Gasteiger partial charge in [-0.3, -0.25) is 14.9 Å². The number of hydrogen-bond acceptors (Lipinski definition) is 5. The third-order valence-electron chi connectivity index (χ3n) is 4.06. The summed E-state index contributed by atoms with van der Waals surface area (Å²) in [6.45, 7) is 2.29. The lowest BCUT2D eigenvalue weighted by Gasteiger charge is -2.09. The number of aryl methyl sites for hydroxylation is 1. The third-order valence-corrected chi connectivity index (χ3v) is 4.06. The maximum atomic E-state index is 12.3. The van der Waals surface area contributed by atoms with E-state index in [4.69, 9.17) is 0 Å². The van der Waals surface area contributed by atoms with Crippen LogP contribution in [-0.4, -0.2) is 25.6 Å². The number of fused-ring (bicyclic) bond motifs is 1. The van der Waals surface area contributed by atoms with Crippen molar-refractivity contribution in [2.24, 2.45) is 0 Å². The number of nitro groups is 1. The van der Waals surface area contributed by atoms with Crippen LogP contribution in [0.15, 0.2) is 47.4 Å². The van der Waals surface area contributed by atoms with Gasteiger partial charge in [0, 0.05) is 24.9 Å². The molecule has 8 nitrogen and oxygen atoms in total. The van der Waals surface area contributed by atoms with Gasteiger partial charge >= 0.3 is 5.97 Å². The molecule has 0 aliphatic heterocycles. The van der Waals surface area contributed by atoms with Crippen LogP contribution in [0.25, 0.3) is 23.2 Å². The van der Waals surface area contributed by atoms with Crippen LogP contribution < -0.4 is 5.43 Å². The van der Waals surface area contributed by atoms with Gasteiger partial charge in [0.05, 0.1) is 16.0 Å². The number of carboxylic acids is 1. The number of benzene rings is 1. The minimum Gasteiger partial charge on any atom is -0.477 e. The number of carboxylic acid groups (broad SMARTS) is 1. The molecule has 0 atom stereocenters. The molecule has 3 aromatic rings. The molecule has 0 bridgehead atoms. The van der Waals surface area contributed by atoms with Crippen LogP contribution in [0.5, 0.6) is 0 Å². The molecule has 1 aromatic carbocycles. The number of nitro benzene ring substituents is 1. The van der Waals surface area contributed by atoms with Crippen LogP contribution in [0.3, 0.4) is 0 Å². The maximum absolute atomic E-state index is 12.3. The molecule has 2 heterocycles.